The molecule has 0 spiro atoms. The Morgan fingerprint density at radius 2 is 1.96 bits per heavy atom. The number of rotatable bonds is 3. The third-order valence-corrected chi connectivity index (χ3v) is 4.27. The normalized spacial score (nSPS) is 18.2. The van der Waals surface area contributed by atoms with Gasteiger partial charge in [-0.15, -0.1) is 0 Å². The Bertz CT molecular complexity index is 847. The van der Waals surface area contributed by atoms with Gasteiger partial charge in [0, 0.05) is 13.5 Å². The summed E-state index contributed by atoms with van der Waals surface area (Å²) in [5.41, 5.74) is 2.58. The number of hydrogen-bond donors (Lipinski definition) is 0. The van der Waals surface area contributed by atoms with Gasteiger partial charge in [-0.3, -0.25) is 0 Å². The molecular formula is C18H20N4O2. The predicted molar refractivity (Wildman–Crippen MR) is 91.2 cm³/mol. The minimum atomic E-state index is 0.218. The Morgan fingerprint density at radius 3 is 2.79 bits per heavy atom. The molecule has 124 valence electrons. The molecule has 0 radical (unpaired) electrons. The number of nitrogens with zero attached hydrogens (tertiary/aromatic N) is 4. The molecule has 0 unspecified atom stereocenters. The first-order chi connectivity index (χ1) is 11.7. The van der Waals surface area contributed by atoms with E-state index in [2.05, 4.69) is 44.1 Å². The van der Waals surface area contributed by atoms with Crippen LogP contribution in [-0.2, 0) is 11.2 Å². The topological polar surface area (TPSA) is 64.3 Å². The zero-order chi connectivity index (χ0) is 16.5. The van der Waals surface area contributed by atoms with Crippen LogP contribution < -0.4 is 4.90 Å². The average Bonchev–Trinajstić information content (AvgIpc) is 2.95. The molecule has 1 fully saturated rings. The van der Waals surface area contributed by atoms with E-state index in [0.717, 1.165) is 24.3 Å². The van der Waals surface area contributed by atoms with Crippen molar-refractivity contribution in [2.24, 2.45) is 0 Å². The Kier molecular flexibility index (Phi) is 3.90. The Morgan fingerprint density at radius 1 is 1.12 bits per heavy atom. The van der Waals surface area contributed by atoms with Crippen LogP contribution in [0.4, 0.5) is 5.82 Å². The van der Waals surface area contributed by atoms with E-state index in [9.17, 15) is 0 Å². The summed E-state index contributed by atoms with van der Waals surface area (Å²) < 4.78 is 11.3. The molecule has 3 aromatic rings. The van der Waals surface area contributed by atoms with E-state index in [1.54, 1.807) is 0 Å². The second-order valence-corrected chi connectivity index (χ2v) is 6.09. The van der Waals surface area contributed by atoms with Gasteiger partial charge in [0.2, 0.25) is 0 Å². The molecule has 0 N–H and O–H groups in total. The lowest BCUT2D eigenvalue weighted by molar-refractivity contribution is 0.0938. The van der Waals surface area contributed by atoms with Crippen molar-refractivity contribution >= 4 is 17.0 Å². The Hall–Kier alpha value is -2.47. The summed E-state index contributed by atoms with van der Waals surface area (Å²) in [6, 6.07) is 10.7. The second-order valence-electron chi connectivity index (χ2n) is 6.09. The molecule has 24 heavy (non-hydrogen) atoms. The molecule has 1 saturated heterocycles. The van der Waals surface area contributed by atoms with Crippen molar-refractivity contribution in [2.75, 3.05) is 24.7 Å². The van der Waals surface area contributed by atoms with Crippen molar-refractivity contribution in [1.82, 2.24) is 15.0 Å². The van der Waals surface area contributed by atoms with E-state index in [4.69, 9.17) is 9.15 Å². The molecular weight excluding hydrogens is 304 g/mol. The summed E-state index contributed by atoms with van der Waals surface area (Å²) in [4.78, 5) is 15.8. The number of hydrogen-bond acceptors (Lipinski definition) is 6. The lowest BCUT2D eigenvalue weighted by atomic mass is 10.0. The lowest BCUT2D eigenvalue weighted by Crippen LogP contribution is -2.47. The third kappa shape index (κ3) is 2.85. The van der Waals surface area contributed by atoms with E-state index >= 15 is 0 Å². The maximum atomic E-state index is 5.72. The van der Waals surface area contributed by atoms with Crippen LogP contribution in [-0.4, -0.2) is 40.8 Å². The molecule has 4 rings (SSSR count). The van der Waals surface area contributed by atoms with Gasteiger partial charge in [-0.25, -0.2) is 9.97 Å². The highest BCUT2D eigenvalue weighted by Gasteiger charge is 2.28. The summed E-state index contributed by atoms with van der Waals surface area (Å²) in [6.07, 6.45) is 0.905. The van der Waals surface area contributed by atoms with E-state index in [-0.39, 0.29) is 6.04 Å². The number of benzene rings is 1. The molecule has 6 nitrogen and oxygen atoms in total. The van der Waals surface area contributed by atoms with Gasteiger partial charge in [-0.05, 0) is 18.9 Å². The summed E-state index contributed by atoms with van der Waals surface area (Å²) >= 11 is 0. The van der Waals surface area contributed by atoms with Crippen molar-refractivity contribution in [2.45, 2.75) is 26.3 Å². The number of morpholine rings is 1. The Labute approximate surface area is 140 Å². The van der Waals surface area contributed by atoms with Crippen LogP contribution in [0.5, 0.6) is 0 Å². The molecule has 1 aliphatic heterocycles. The first-order valence-electron chi connectivity index (χ1n) is 8.21. The summed E-state index contributed by atoms with van der Waals surface area (Å²) in [5, 5.41) is 0. The molecule has 1 atom stereocenters. The molecule has 2 aromatic heterocycles. The fraction of sp³-hybridized carbons (Fsp3) is 0.389. The number of oxazole rings is 1. The fourth-order valence-corrected chi connectivity index (χ4v) is 3.21. The maximum Gasteiger partial charge on any atom is 0.252 e. The number of fused-ring (bicyclic) bond motifs is 1. The smallest absolute Gasteiger partial charge is 0.252 e. The molecule has 6 heteroatoms. The quantitative estimate of drug-likeness (QED) is 0.738. The van der Waals surface area contributed by atoms with Gasteiger partial charge >= 0.3 is 0 Å². The summed E-state index contributed by atoms with van der Waals surface area (Å²) in [6.45, 7) is 5.87. The highest BCUT2D eigenvalue weighted by atomic mass is 16.5. The fourth-order valence-electron chi connectivity index (χ4n) is 3.21. The van der Waals surface area contributed by atoms with Crippen molar-refractivity contribution in [1.29, 1.82) is 0 Å². The number of anilines is 1. The monoisotopic (exact) mass is 324 g/mol. The van der Waals surface area contributed by atoms with Crippen LogP contribution in [0.15, 0.2) is 34.7 Å². The average molecular weight is 324 g/mol. The van der Waals surface area contributed by atoms with Gasteiger partial charge in [0.05, 0.1) is 19.3 Å². The van der Waals surface area contributed by atoms with Gasteiger partial charge in [-0.1, -0.05) is 30.3 Å². The van der Waals surface area contributed by atoms with E-state index in [1.165, 1.54) is 5.56 Å². The van der Waals surface area contributed by atoms with Crippen molar-refractivity contribution in [3.8, 4) is 0 Å². The maximum absolute atomic E-state index is 5.72. The van der Waals surface area contributed by atoms with E-state index < -0.39 is 0 Å². The van der Waals surface area contributed by atoms with Crippen molar-refractivity contribution in [3.05, 3.63) is 47.6 Å². The summed E-state index contributed by atoms with van der Waals surface area (Å²) in [7, 11) is 0. The van der Waals surface area contributed by atoms with E-state index in [0.29, 0.717) is 30.6 Å². The molecule has 0 saturated carbocycles. The number of aryl methyl sites for hydroxylation is 2. The van der Waals surface area contributed by atoms with Crippen molar-refractivity contribution in [3.63, 3.8) is 0 Å². The van der Waals surface area contributed by atoms with Crippen LogP contribution in [0, 0.1) is 13.8 Å². The van der Waals surface area contributed by atoms with Gasteiger partial charge in [0.25, 0.3) is 5.71 Å². The van der Waals surface area contributed by atoms with Crippen LogP contribution in [0.3, 0.4) is 0 Å². The minimum Gasteiger partial charge on any atom is -0.422 e. The molecule has 0 bridgehead atoms. The molecule has 3 heterocycles. The number of aromatic nitrogens is 3. The lowest BCUT2D eigenvalue weighted by Gasteiger charge is -2.36. The summed E-state index contributed by atoms with van der Waals surface area (Å²) in [5.74, 6) is 2.15. The van der Waals surface area contributed by atoms with Crippen LogP contribution in [0.2, 0.25) is 0 Å². The van der Waals surface area contributed by atoms with Crippen LogP contribution >= 0.6 is 0 Å². The highest BCUT2D eigenvalue weighted by Crippen LogP contribution is 2.27. The molecule has 1 aromatic carbocycles. The highest BCUT2D eigenvalue weighted by molar-refractivity contribution is 5.82. The number of ether oxygens (including phenoxy) is 1. The van der Waals surface area contributed by atoms with Crippen LogP contribution in [0.1, 0.15) is 17.3 Å². The molecule has 1 aliphatic rings. The first kappa shape index (κ1) is 15.1. The van der Waals surface area contributed by atoms with Gasteiger partial charge in [0.15, 0.2) is 17.2 Å². The largest absolute Gasteiger partial charge is 0.422 e. The first-order valence-corrected chi connectivity index (χ1v) is 8.21. The molecule has 0 amide bonds. The Balaban J connectivity index is 1.72. The second kappa shape index (κ2) is 6.20. The van der Waals surface area contributed by atoms with E-state index in [1.807, 2.05) is 19.9 Å². The van der Waals surface area contributed by atoms with Crippen LogP contribution in [0.25, 0.3) is 11.2 Å². The van der Waals surface area contributed by atoms with Gasteiger partial charge in [-0.2, -0.15) is 4.98 Å². The SMILES string of the molecule is Cc1nc(N2CCOC[C@H]2Cc2ccccc2)c2nc(C)oc2n1. The zero-order valence-electron chi connectivity index (χ0n) is 13.9. The zero-order valence-corrected chi connectivity index (χ0v) is 13.9. The minimum absolute atomic E-state index is 0.218. The predicted octanol–water partition coefficient (Wildman–Crippen LogP) is 2.68. The van der Waals surface area contributed by atoms with Gasteiger partial charge < -0.3 is 14.1 Å². The third-order valence-electron chi connectivity index (χ3n) is 4.27. The van der Waals surface area contributed by atoms with Gasteiger partial charge in [0.1, 0.15) is 5.82 Å². The molecule has 0 aliphatic carbocycles. The standard InChI is InChI=1S/C18H20N4O2/c1-12-19-17(16-18(20-12)24-13(2)21-16)22-8-9-23-11-15(22)10-14-6-4-3-5-7-14/h3-7,15H,8-11H2,1-2H3/t15-/m1/s1. The van der Waals surface area contributed by atoms with Crippen molar-refractivity contribution < 1.29 is 9.15 Å².